The van der Waals surface area contributed by atoms with E-state index in [0.29, 0.717) is 22.7 Å². The van der Waals surface area contributed by atoms with Gasteiger partial charge in [0.1, 0.15) is 11.9 Å². The van der Waals surface area contributed by atoms with Crippen LogP contribution < -0.4 is 14.4 Å². The molecule has 0 radical (unpaired) electrons. The second-order valence-electron chi connectivity index (χ2n) is 9.25. The molecular weight excluding hydrogens is 463 g/mol. The van der Waals surface area contributed by atoms with Crippen molar-refractivity contribution in [3.63, 3.8) is 0 Å². The van der Waals surface area contributed by atoms with E-state index in [1.54, 1.807) is 18.2 Å². The molecule has 2 saturated heterocycles. The third-order valence-electron chi connectivity index (χ3n) is 7.47. The number of nitrogens with zero attached hydrogens (tertiary/aromatic N) is 2. The Labute approximate surface area is 205 Å². The summed E-state index contributed by atoms with van der Waals surface area (Å²) in [4.78, 5) is 44.6. The molecule has 0 unspecified atom stereocenters. The van der Waals surface area contributed by atoms with Gasteiger partial charge in [-0.05, 0) is 59.7 Å². The van der Waals surface area contributed by atoms with Crippen LogP contribution in [0, 0.1) is 17.7 Å². The number of amides is 2. The maximum Gasteiger partial charge on any atom is 0.240 e. The van der Waals surface area contributed by atoms with Gasteiger partial charge < -0.3 is 14.4 Å². The van der Waals surface area contributed by atoms with Crippen molar-refractivity contribution < 1.29 is 28.2 Å². The van der Waals surface area contributed by atoms with E-state index in [1.165, 1.54) is 24.3 Å². The fraction of sp³-hybridized carbons (Fsp3) is 0.179. The summed E-state index contributed by atoms with van der Waals surface area (Å²) >= 11 is 0. The highest BCUT2D eigenvalue weighted by molar-refractivity contribution is 6.24. The molecule has 3 aromatic carbocycles. The van der Waals surface area contributed by atoms with Gasteiger partial charge in [-0.15, -0.1) is 0 Å². The minimum Gasteiger partial charge on any atom is -0.454 e. The first kappa shape index (κ1) is 20.9. The standard InChI is InChI=1S/C28H19FN2O5/c29-17-6-8-18(9-7-17)31-27(33)22-23(28(31)34)25(26(32)16-5-10-20-21(13-16)36-14-35-20)30-12-11-15-3-1-2-4-19(15)24(22)30/h1-13,22-25H,14H2/t22-,23-,24-,25+/m0/s1. The molecule has 2 amide bonds. The summed E-state index contributed by atoms with van der Waals surface area (Å²) in [5, 5.41) is 0. The second kappa shape index (κ2) is 7.52. The summed E-state index contributed by atoms with van der Waals surface area (Å²) in [7, 11) is 0. The highest BCUT2D eigenvalue weighted by Gasteiger charge is 2.64. The predicted molar refractivity (Wildman–Crippen MR) is 127 cm³/mol. The molecule has 4 atom stereocenters. The number of anilines is 1. The van der Waals surface area contributed by atoms with Crippen molar-refractivity contribution in [1.82, 2.24) is 4.90 Å². The molecule has 4 aliphatic heterocycles. The number of hydrogen-bond acceptors (Lipinski definition) is 6. The summed E-state index contributed by atoms with van der Waals surface area (Å²) in [5.41, 5.74) is 2.49. The fourth-order valence-corrected chi connectivity index (χ4v) is 5.92. The number of imide groups is 1. The Morgan fingerprint density at radius 2 is 1.64 bits per heavy atom. The van der Waals surface area contributed by atoms with Gasteiger partial charge in [0.15, 0.2) is 17.3 Å². The average Bonchev–Trinajstić information content (AvgIpc) is 3.57. The minimum absolute atomic E-state index is 0.0778. The van der Waals surface area contributed by atoms with Crippen molar-refractivity contribution in [2.24, 2.45) is 11.8 Å². The Bertz CT molecular complexity index is 1480. The zero-order valence-electron chi connectivity index (χ0n) is 18.8. The van der Waals surface area contributed by atoms with E-state index < -0.39 is 41.6 Å². The lowest BCUT2D eigenvalue weighted by atomic mass is 9.83. The predicted octanol–water partition coefficient (Wildman–Crippen LogP) is 3.95. The third-order valence-corrected chi connectivity index (χ3v) is 7.47. The number of ketones is 1. The van der Waals surface area contributed by atoms with Gasteiger partial charge in [-0.1, -0.05) is 24.3 Å². The topological polar surface area (TPSA) is 76.1 Å². The Hall–Kier alpha value is -4.46. The third kappa shape index (κ3) is 2.81. The molecule has 7 nitrogen and oxygen atoms in total. The van der Waals surface area contributed by atoms with E-state index in [9.17, 15) is 18.8 Å². The van der Waals surface area contributed by atoms with Gasteiger partial charge in [0.25, 0.3) is 0 Å². The zero-order chi connectivity index (χ0) is 24.6. The van der Waals surface area contributed by atoms with Crippen LogP contribution in [0.4, 0.5) is 10.1 Å². The van der Waals surface area contributed by atoms with Crippen molar-refractivity contribution in [2.45, 2.75) is 12.1 Å². The monoisotopic (exact) mass is 482 g/mol. The number of carbonyl (C=O) groups is 3. The number of benzene rings is 3. The van der Waals surface area contributed by atoms with Gasteiger partial charge >= 0.3 is 0 Å². The van der Waals surface area contributed by atoms with Crippen LogP contribution in [0.25, 0.3) is 6.08 Å². The number of ether oxygens (including phenoxy) is 2. The lowest BCUT2D eigenvalue weighted by Gasteiger charge is -2.35. The normalized spacial score (nSPS) is 25.1. The molecule has 3 aromatic rings. The zero-order valence-corrected chi connectivity index (χ0v) is 18.8. The highest BCUT2D eigenvalue weighted by atomic mass is 19.1. The molecule has 2 fully saturated rings. The molecular formula is C28H19FN2O5. The van der Waals surface area contributed by atoms with E-state index in [-0.39, 0.29) is 12.6 Å². The number of carbonyl (C=O) groups excluding carboxylic acids is 3. The van der Waals surface area contributed by atoms with Crippen LogP contribution in [0.3, 0.4) is 0 Å². The van der Waals surface area contributed by atoms with Crippen LogP contribution in [0.1, 0.15) is 27.5 Å². The Kier molecular flexibility index (Phi) is 4.36. The van der Waals surface area contributed by atoms with Crippen LogP contribution in [-0.2, 0) is 9.59 Å². The molecule has 0 N–H and O–H groups in total. The average molecular weight is 482 g/mol. The number of rotatable bonds is 3. The van der Waals surface area contributed by atoms with Gasteiger partial charge in [-0.25, -0.2) is 9.29 Å². The molecule has 0 spiro atoms. The summed E-state index contributed by atoms with van der Waals surface area (Å²) in [6.07, 6.45) is 3.71. The second-order valence-corrected chi connectivity index (χ2v) is 9.25. The Morgan fingerprint density at radius 1 is 0.889 bits per heavy atom. The lowest BCUT2D eigenvalue weighted by Crippen LogP contribution is -2.44. The quantitative estimate of drug-likeness (QED) is 0.416. The van der Waals surface area contributed by atoms with Crippen molar-refractivity contribution in [2.75, 3.05) is 11.7 Å². The van der Waals surface area contributed by atoms with Crippen LogP contribution in [-0.4, -0.2) is 35.3 Å². The van der Waals surface area contributed by atoms with Crippen LogP contribution in [0.15, 0.2) is 72.9 Å². The Balaban J connectivity index is 1.36. The maximum atomic E-state index is 14.0. The summed E-state index contributed by atoms with van der Waals surface area (Å²) in [6, 6.07) is 16.5. The van der Waals surface area contributed by atoms with Gasteiger partial charge in [-0.3, -0.25) is 14.4 Å². The van der Waals surface area contributed by atoms with Crippen LogP contribution >= 0.6 is 0 Å². The van der Waals surface area contributed by atoms with Crippen molar-refractivity contribution >= 4 is 29.4 Å². The summed E-state index contributed by atoms with van der Waals surface area (Å²) in [5.74, 6) is -2.25. The number of Topliss-reactive ketones (excluding diaryl/α,β-unsaturated/α-hetero) is 1. The van der Waals surface area contributed by atoms with Crippen molar-refractivity contribution in [3.8, 4) is 11.5 Å². The first-order valence-corrected chi connectivity index (χ1v) is 11.6. The van der Waals surface area contributed by atoms with Gasteiger partial charge in [-0.2, -0.15) is 0 Å². The Morgan fingerprint density at radius 3 is 2.47 bits per heavy atom. The van der Waals surface area contributed by atoms with Crippen LogP contribution in [0.5, 0.6) is 11.5 Å². The van der Waals surface area contributed by atoms with Gasteiger partial charge in [0, 0.05) is 11.8 Å². The minimum atomic E-state index is -0.902. The molecule has 7 rings (SSSR count). The van der Waals surface area contributed by atoms with E-state index >= 15 is 0 Å². The molecule has 0 saturated carbocycles. The van der Waals surface area contributed by atoms with Gasteiger partial charge in [0.2, 0.25) is 18.6 Å². The van der Waals surface area contributed by atoms with E-state index in [1.807, 2.05) is 41.4 Å². The maximum absolute atomic E-state index is 14.0. The molecule has 36 heavy (non-hydrogen) atoms. The first-order valence-electron chi connectivity index (χ1n) is 11.6. The molecule has 178 valence electrons. The van der Waals surface area contributed by atoms with Crippen molar-refractivity contribution in [3.05, 3.63) is 95.4 Å². The number of fused-ring (bicyclic) bond motifs is 6. The van der Waals surface area contributed by atoms with Crippen LogP contribution in [0.2, 0.25) is 0 Å². The smallest absolute Gasteiger partial charge is 0.240 e. The molecule has 4 aliphatic rings. The fourth-order valence-electron chi connectivity index (χ4n) is 5.92. The van der Waals surface area contributed by atoms with E-state index in [0.717, 1.165) is 16.0 Å². The molecule has 8 heteroatoms. The molecule has 4 heterocycles. The largest absolute Gasteiger partial charge is 0.454 e. The molecule has 0 bridgehead atoms. The first-order chi connectivity index (χ1) is 17.5. The van der Waals surface area contributed by atoms with E-state index in [4.69, 9.17) is 9.47 Å². The summed E-state index contributed by atoms with van der Waals surface area (Å²) in [6.45, 7) is 0.0778. The molecule has 0 aromatic heterocycles. The molecule has 0 aliphatic carbocycles. The van der Waals surface area contributed by atoms with Gasteiger partial charge in [0.05, 0.1) is 23.6 Å². The van der Waals surface area contributed by atoms with E-state index in [2.05, 4.69) is 0 Å². The lowest BCUT2D eigenvalue weighted by molar-refractivity contribution is -0.123. The number of hydrogen-bond donors (Lipinski definition) is 0. The van der Waals surface area contributed by atoms with Crippen molar-refractivity contribution in [1.29, 1.82) is 0 Å². The highest BCUT2D eigenvalue weighted by Crippen LogP contribution is 2.53. The number of halogens is 1. The summed E-state index contributed by atoms with van der Waals surface area (Å²) < 4.78 is 24.4. The SMILES string of the molecule is O=C(c1ccc2c(c1)OCO2)[C@H]1[C@H]2C(=O)N(c3ccc(F)cc3)C(=O)[C@@H]2[C@@H]2c3ccccc3C=CN12.